The Morgan fingerprint density at radius 3 is 2.10 bits per heavy atom. The van der Waals surface area contributed by atoms with Gasteiger partial charge in [-0.15, -0.1) is 0 Å². The van der Waals surface area contributed by atoms with E-state index in [1.54, 1.807) is 0 Å². The van der Waals surface area contributed by atoms with E-state index < -0.39 is 0 Å². The number of hydrogen-bond donors (Lipinski definition) is 1. The Kier molecular flexibility index (Phi) is 6.29. The van der Waals surface area contributed by atoms with Crippen LogP contribution in [0.15, 0.2) is 54.6 Å². The van der Waals surface area contributed by atoms with Crippen LogP contribution in [-0.2, 0) is 0 Å². The van der Waals surface area contributed by atoms with Gasteiger partial charge < -0.3 is 10.1 Å². The number of benzene rings is 2. The second kappa shape index (κ2) is 8.48. The van der Waals surface area contributed by atoms with Gasteiger partial charge >= 0.3 is 0 Å². The second-order valence-corrected chi connectivity index (χ2v) is 5.21. The van der Waals surface area contributed by atoms with Crippen molar-refractivity contribution in [3.8, 4) is 16.9 Å². The van der Waals surface area contributed by atoms with Gasteiger partial charge in [-0.3, -0.25) is 0 Å². The molecule has 0 saturated carbocycles. The van der Waals surface area contributed by atoms with Crippen molar-refractivity contribution in [1.82, 2.24) is 5.32 Å². The maximum atomic E-state index is 5.77. The number of rotatable bonds is 8. The molecule has 0 saturated heterocycles. The van der Waals surface area contributed by atoms with E-state index in [4.69, 9.17) is 4.74 Å². The van der Waals surface area contributed by atoms with Gasteiger partial charge in [-0.05, 0) is 36.1 Å². The summed E-state index contributed by atoms with van der Waals surface area (Å²) < 4.78 is 5.77. The monoisotopic (exact) mass is 283 g/mol. The smallest absolute Gasteiger partial charge is 0.119 e. The minimum absolute atomic E-state index is 0.606. The normalized spacial score (nSPS) is 10.8. The minimum Gasteiger partial charge on any atom is -0.492 e. The Morgan fingerprint density at radius 2 is 1.48 bits per heavy atom. The van der Waals surface area contributed by atoms with Crippen LogP contribution in [-0.4, -0.2) is 19.2 Å². The first-order valence-electron chi connectivity index (χ1n) is 7.85. The molecule has 2 nitrogen and oxygen atoms in total. The average molecular weight is 283 g/mol. The Labute approximate surface area is 128 Å². The molecule has 0 aliphatic carbocycles. The van der Waals surface area contributed by atoms with Crippen molar-refractivity contribution in [3.05, 3.63) is 54.6 Å². The predicted octanol–water partition coefficient (Wildman–Crippen LogP) is 4.51. The molecule has 112 valence electrons. The average Bonchev–Trinajstić information content (AvgIpc) is 2.56. The minimum atomic E-state index is 0.606. The van der Waals surface area contributed by atoms with Gasteiger partial charge in [0.1, 0.15) is 12.4 Å². The Balaban J connectivity index is 1.80. The highest BCUT2D eigenvalue weighted by Gasteiger charge is 2.02. The number of ether oxygens (including phenoxy) is 1. The van der Waals surface area contributed by atoms with E-state index in [0.717, 1.165) is 12.3 Å². The van der Waals surface area contributed by atoms with Crippen molar-refractivity contribution in [2.75, 3.05) is 13.2 Å². The summed E-state index contributed by atoms with van der Waals surface area (Å²) in [6, 6.07) is 19.3. The Hall–Kier alpha value is -1.80. The van der Waals surface area contributed by atoms with Crippen LogP contribution in [0.3, 0.4) is 0 Å². The van der Waals surface area contributed by atoms with Gasteiger partial charge in [-0.1, -0.05) is 56.3 Å². The SMILES string of the molecule is CCC(CC)NCCOc1ccc(-c2ccccc2)cc1. The van der Waals surface area contributed by atoms with Gasteiger partial charge in [0.25, 0.3) is 0 Å². The Morgan fingerprint density at radius 1 is 0.857 bits per heavy atom. The highest BCUT2D eigenvalue weighted by molar-refractivity contribution is 5.63. The molecule has 1 N–H and O–H groups in total. The molecule has 0 aliphatic heterocycles. The molecule has 0 amide bonds. The van der Waals surface area contributed by atoms with Crippen molar-refractivity contribution in [2.24, 2.45) is 0 Å². The molecule has 0 unspecified atom stereocenters. The fraction of sp³-hybridized carbons (Fsp3) is 0.368. The van der Waals surface area contributed by atoms with Crippen LogP contribution < -0.4 is 10.1 Å². The Bertz CT molecular complexity index is 503. The summed E-state index contributed by atoms with van der Waals surface area (Å²) in [6.07, 6.45) is 2.34. The molecule has 2 aromatic carbocycles. The summed E-state index contributed by atoms with van der Waals surface area (Å²) >= 11 is 0. The van der Waals surface area contributed by atoms with Crippen molar-refractivity contribution in [2.45, 2.75) is 32.7 Å². The summed E-state index contributed by atoms with van der Waals surface area (Å²) in [7, 11) is 0. The zero-order valence-electron chi connectivity index (χ0n) is 13.0. The van der Waals surface area contributed by atoms with Crippen molar-refractivity contribution >= 4 is 0 Å². The molecule has 0 aliphatic rings. The first kappa shape index (κ1) is 15.6. The molecule has 0 bridgehead atoms. The predicted molar refractivity (Wildman–Crippen MR) is 89.7 cm³/mol. The van der Waals surface area contributed by atoms with E-state index in [0.29, 0.717) is 12.6 Å². The van der Waals surface area contributed by atoms with E-state index >= 15 is 0 Å². The molecule has 0 heterocycles. The third-order valence-corrected chi connectivity index (χ3v) is 3.75. The van der Waals surface area contributed by atoms with Gasteiger partial charge in [0.15, 0.2) is 0 Å². The van der Waals surface area contributed by atoms with Gasteiger partial charge in [0.05, 0.1) is 0 Å². The fourth-order valence-electron chi connectivity index (χ4n) is 2.38. The third kappa shape index (κ3) is 4.91. The molecular formula is C19H25NO. The number of nitrogens with one attached hydrogen (secondary N) is 1. The fourth-order valence-corrected chi connectivity index (χ4v) is 2.38. The lowest BCUT2D eigenvalue weighted by Gasteiger charge is -2.15. The zero-order chi connectivity index (χ0) is 14.9. The molecule has 0 fully saturated rings. The lowest BCUT2D eigenvalue weighted by atomic mass is 10.1. The second-order valence-electron chi connectivity index (χ2n) is 5.21. The van der Waals surface area contributed by atoms with Crippen LogP contribution in [0, 0.1) is 0 Å². The molecule has 0 atom stereocenters. The first-order chi connectivity index (χ1) is 10.3. The van der Waals surface area contributed by atoms with Crippen LogP contribution in [0.2, 0.25) is 0 Å². The molecule has 2 heteroatoms. The number of hydrogen-bond acceptors (Lipinski definition) is 2. The van der Waals surface area contributed by atoms with Crippen LogP contribution >= 0.6 is 0 Å². The van der Waals surface area contributed by atoms with Gasteiger partial charge in [-0.25, -0.2) is 0 Å². The molecule has 0 spiro atoms. The van der Waals surface area contributed by atoms with Crippen LogP contribution in [0.25, 0.3) is 11.1 Å². The summed E-state index contributed by atoms with van der Waals surface area (Å²) in [6.45, 7) is 6.03. The topological polar surface area (TPSA) is 21.3 Å². The highest BCUT2D eigenvalue weighted by atomic mass is 16.5. The van der Waals surface area contributed by atoms with E-state index in [9.17, 15) is 0 Å². The standard InChI is InChI=1S/C19H25NO/c1-3-18(4-2)20-14-15-21-19-12-10-17(11-13-19)16-8-6-5-7-9-16/h5-13,18,20H,3-4,14-15H2,1-2H3. The van der Waals surface area contributed by atoms with E-state index in [-0.39, 0.29) is 0 Å². The van der Waals surface area contributed by atoms with Gasteiger partial charge in [0.2, 0.25) is 0 Å². The van der Waals surface area contributed by atoms with Gasteiger partial charge in [0, 0.05) is 12.6 Å². The van der Waals surface area contributed by atoms with Crippen molar-refractivity contribution in [3.63, 3.8) is 0 Å². The summed E-state index contributed by atoms with van der Waals surface area (Å²) in [5.74, 6) is 0.932. The van der Waals surface area contributed by atoms with E-state index in [1.807, 2.05) is 18.2 Å². The third-order valence-electron chi connectivity index (χ3n) is 3.75. The van der Waals surface area contributed by atoms with Crippen LogP contribution in [0.4, 0.5) is 0 Å². The van der Waals surface area contributed by atoms with Crippen LogP contribution in [0.1, 0.15) is 26.7 Å². The summed E-state index contributed by atoms with van der Waals surface area (Å²) in [5, 5.41) is 3.50. The summed E-state index contributed by atoms with van der Waals surface area (Å²) in [5.41, 5.74) is 2.46. The van der Waals surface area contributed by atoms with Crippen molar-refractivity contribution < 1.29 is 4.74 Å². The van der Waals surface area contributed by atoms with Gasteiger partial charge in [-0.2, -0.15) is 0 Å². The molecular weight excluding hydrogens is 258 g/mol. The first-order valence-corrected chi connectivity index (χ1v) is 7.85. The highest BCUT2D eigenvalue weighted by Crippen LogP contribution is 2.21. The lowest BCUT2D eigenvalue weighted by molar-refractivity contribution is 0.302. The van der Waals surface area contributed by atoms with E-state index in [1.165, 1.54) is 24.0 Å². The quantitative estimate of drug-likeness (QED) is 0.720. The molecule has 0 radical (unpaired) electrons. The van der Waals surface area contributed by atoms with E-state index in [2.05, 4.69) is 55.6 Å². The molecule has 2 rings (SSSR count). The summed E-state index contributed by atoms with van der Waals surface area (Å²) in [4.78, 5) is 0. The maximum absolute atomic E-state index is 5.77. The lowest BCUT2D eigenvalue weighted by Crippen LogP contribution is -2.31. The largest absolute Gasteiger partial charge is 0.492 e. The molecule has 2 aromatic rings. The molecule has 0 aromatic heterocycles. The van der Waals surface area contributed by atoms with Crippen LogP contribution in [0.5, 0.6) is 5.75 Å². The van der Waals surface area contributed by atoms with Crippen molar-refractivity contribution in [1.29, 1.82) is 0 Å². The zero-order valence-corrected chi connectivity index (χ0v) is 13.0. The molecule has 21 heavy (non-hydrogen) atoms. The maximum Gasteiger partial charge on any atom is 0.119 e.